The summed E-state index contributed by atoms with van der Waals surface area (Å²) in [6.07, 6.45) is 3.27. The number of anilines is 1. The summed E-state index contributed by atoms with van der Waals surface area (Å²) in [5.74, 6) is 0.201. The molecule has 9 heteroatoms. The zero-order valence-corrected chi connectivity index (χ0v) is 20.1. The van der Waals surface area contributed by atoms with Crippen molar-refractivity contribution in [3.05, 3.63) is 59.8 Å². The summed E-state index contributed by atoms with van der Waals surface area (Å²) < 4.78 is 27.3. The third kappa shape index (κ3) is 4.64. The fraction of sp³-hybridized carbons (Fsp3) is 0.375. The van der Waals surface area contributed by atoms with E-state index in [1.807, 2.05) is 12.1 Å². The van der Waals surface area contributed by atoms with Gasteiger partial charge in [0, 0.05) is 20.5 Å². The predicted molar refractivity (Wildman–Crippen MR) is 132 cm³/mol. The summed E-state index contributed by atoms with van der Waals surface area (Å²) in [5.41, 5.74) is 3.14. The summed E-state index contributed by atoms with van der Waals surface area (Å²) in [7, 11) is -4.07. The van der Waals surface area contributed by atoms with E-state index in [0.717, 1.165) is 24.1 Å². The second-order valence-corrected chi connectivity index (χ2v) is 10.5. The predicted octanol–water partition coefficient (Wildman–Crippen LogP) is 4.58. The Kier molecular flexibility index (Phi) is 6.25. The fourth-order valence-corrected chi connectivity index (χ4v) is 5.14. The Bertz CT molecular complexity index is 1240. The highest BCUT2D eigenvalue weighted by Crippen LogP contribution is 2.33. The van der Waals surface area contributed by atoms with E-state index < -0.39 is 15.9 Å². The third-order valence-corrected chi connectivity index (χ3v) is 7.44. The van der Waals surface area contributed by atoms with Crippen molar-refractivity contribution in [3.63, 3.8) is 0 Å². The largest absolute Gasteiger partial charge is 0.351 e. The minimum atomic E-state index is -4.07. The van der Waals surface area contributed by atoms with Crippen LogP contribution in [0.4, 0.5) is 5.82 Å². The SMILES string of the molecule is CC(C)c1ccc(-c2ccc(C(=O)NS(=O)(=O)c3ccn[nH]3)c(N3[C@H](C)CC[C@@H]3C)n2)cc1.[HH].[HH]. The Morgan fingerprint density at radius 1 is 1.09 bits per heavy atom. The molecular weight excluding hydrogens is 438 g/mol. The second kappa shape index (κ2) is 8.97. The molecule has 33 heavy (non-hydrogen) atoms. The van der Waals surface area contributed by atoms with Gasteiger partial charge in [-0.1, -0.05) is 38.1 Å². The molecule has 1 aliphatic heterocycles. The molecule has 0 aliphatic carbocycles. The number of pyridine rings is 1. The van der Waals surface area contributed by atoms with Gasteiger partial charge in [-0.25, -0.2) is 9.71 Å². The van der Waals surface area contributed by atoms with Crippen molar-refractivity contribution in [3.8, 4) is 11.3 Å². The van der Waals surface area contributed by atoms with Gasteiger partial charge in [0.05, 0.1) is 17.5 Å². The lowest BCUT2D eigenvalue weighted by atomic mass is 10.0. The van der Waals surface area contributed by atoms with Crippen LogP contribution in [0.2, 0.25) is 0 Å². The molecule has 0 unspecified atom stereocenters. The number of nitrogens with zero attached hydrogens (tertiary/aromatic N) is 3. The van der Waals surface area contributed by atoms with Crippen molar-refractivity contribution >= 4 is 21.7 Å². The summed E-state index contributed by atoms with van der Waals surface area (Å²) in [4.78, 5) is 20.1. The number of aromatic amines is 1. The molecule has 8 nitrogen and oxygen atoms in total. The third-order valence-electron chi connectivity index (χ3n) is 6.18. The molecule has 178 valence electrons. The van der Waals surface area contributed by atoms with E-state index in [1.54, 1.807) is 12.1 Å². The van der Waals surface area contributed by atoms with Gasteiger partial charge in [0.25, 0.3) is 15.9 Å². The number of carbonyl (C=O) groups excluding carboxylic acids is 1. The van der Waals surface area contributed by atoms with Crippen LogP contribution in [0.1, 0.15) is 65.2 Å². The van der Waals surface area contributed by atoms with Crippen molar-refractivity contribution in [1.82, 2.24) is 19.9 Å². The number of carbonyl (C=O) groups is 1. The molecule has 0 radical (unpaired) electrons. The number of aromatic nitrogens is 3. The highest BCUT2D eigenvalue weighted by atomic mass is 32.2. The summed E-state index contributed by atoms with van der Waals surface area (Å²) in [6.45, 7) is 8.48. The molecule has 1 saturated heterocycles. The molecule has 0 saturated carbocycles. The number of amides is 1. The summed E-state index contributed by atoms with van der Waals surface area (Å²) in [5, 5.41) is 5.87. The molecule has 1 fully saturated rings. The minimum Gasteiger partial charge on any atom is -0.351 e. The minimum absolute atomic E-state index is 0. The molecule has 1 aromatic carbocycles. The Morgan fingerprint density at radius 3 is 2.33 bits per heavy atom. The lowest BCUT2D eigenvalue weighted by Crippen LogP contribution is -2.37. The normalized spacial score (nSPS) is 18.6. The molecule has 1 amide bonds. The highest BCUT2D eigenvalue weighted by molar-refractivity contribution is 7.90. The first-order valence-corrected chi connectivity index (χ1v) is 12.6. The van der Waals surface area contributed by atoms with Crippen LogP contribution in [0.3, 0.4) is 0 Å². The van der Waals surface area contributed by atoms with Crippen LogP contribution in [-0.2, 0) is 10.0 Å². The van der Waals surface area contributed by atoms with Gasteiger partial charge in [-0.05, 0) is 56.4 Å². The molecule has 0 bridgehead atoms. The van der Waals surface area contributed by atoms with Crippen LogP contribution < -0.4 is 9.62 Å². The number of H-pyrrole nitrogens is 1. The van der Waals surface area contributed by atoms with Crippen LogP contribution in [-0.4, -0.2) is 41.6 Å². The van der Waals surface area contributed by atoms with Gasteiger partial charge in [0.15, 0.2) is 5.03 Å². The van der Waals surface area contributed by atoms with E-state index in [1.165, 1.54) is 17.8 Å². The lowest BCUT2D eigenvalue weighted by Gasteiger charge is -2.29. The summed E-state index contributed by atoms with van der Waals surface area (Å²) in [6, 6.07) is 13.3. The Morgan fingerprint density at radius 2 is 1.76 bits per heavy atom. The van der Waals surface area contributed by atoms with Gasteiger partial charge in [-0.3, -0.25) is 9.89 Å². The first-order chi connectivity index (χ1) is 15.7. The second-order valence-electron chi connectivity index (χ2n) is 8.88. The molecule has 3 heterocycles. The average molecular weight is 472 g/mol. The molecule has 2 N–H and O–H groups in total. The molecule has 3 aromatic rings. The topological polar surface area (TPSA) is 108 Å². The van der Waals surface area contributed by atoms with E-state index in [4.69, 9.17) is 4.98 Å². The van der Waals surface area contributed by atoms with E-state index in [-0.39, 0.29) is 25.5 Å². The van der Waals surface area contributed by atoms with Crippen LogP contribution in [0.25, 0.3) is 11.3 Å². The van der Waals surface area contributed by atoms with Crippen molar-refractivity contribution in [2.45, 2.75) is 63.6 Å². The Balaban J connectivity index is 0.00000216. The van der Waals surface area contributed by atoms with Gasteiger partial charge >= 0.3 is 0 Å². The van der Waals surface area contributed by atoms with E-state index in [2.05, 4.69) is 59.6 Å². The standard InChI is InChI=1S/C24H29N5O3S.2H2/c1-15(2)18-7-9-19(10-8-18)21-12-11-20(23(26-21)29-16(3)5-6-17(29)4)24(30)28-33(31,32)22-13-14-25-27-22;;/h7-17H,5-6H2,1-4H3,(H,25,27)(H,28,30);2*1H/t16-,17+;;. The maximum absolute atomic E-state index is 13.1. The maximum Gasteiger partial charge on any atom is 0.281 e. The van der Waals surface area contributed by atoms with Crippen LogP contribution >= 0.6 is 0 Å². The van der Waals surface area contributed by atoms with Crippen molar-refractivity contribution in [2.75, 3.05) is 4.90 Å². The summed E-state index contributed by atoms with van der Waals surface area (Å²) >= 11 is 0. The quantitative estimate of drug-likeness (QED) is 0.545. The van der Waals surface area contributed by atoms with Crippen LogP contribution in [0, 0.1) is 0 Å². The number of rotatable bonds is 6. The van der Waals surface area contributed by atoms with Gasteiger partial charge in [0.1, 0.15) is 5.82 Å². The first kappa shape index (κ1) is 23.0. The molecular formula is C24H33N5O3S. The number of nitrogens with one attached hydrogen (secondary N) is 2. The Labute approximate surface area is 197 Å². The highest BCUT2D eigenvalue weighted by Gasteiger charge is 2.33. The number of sulfonamides is 1. The average Bonchev–Trinajstić information content (AvgIpc) is 3.44. The molecule has 0 spiro atoms. The zero-order valence-electron chi connectivity index (χ0n) is 19.2. The Hall–Kier alpha value is -3.20. The van der Waals surface area contributed by atoms with Crippen molar-refractivity contribution < 1.29 is 16.1 Å². The van der Waals surface area contributed by atoms with Gasteiger partial charge in [-0.2, -0.15) is 13.5 Å². The molecule has 2 atom stereocenters. The number of hydrogen-bond acceptors (Lipinski definition) is 6. The maximum atomic E-state index is 13.1. The zero-order chi connectivity index (χ0) is 23.8. The van der Waals surface area contributed by atoms with E-state index >= 15 is 0 Å². The van der Waals surface area contributed by atoms with Gasteiger partial charge in [-0.15, -0.1) is 0 Å². The lowest BCUT2D eigenvalue weighted by molar-refractivity contribution is 0.0981. The molecule has 4 rings (SSSR count). The van der Waals surface area contributed by atoms with Crippen LogP contribution in [0.15, 0.2) is 53.7 Å². The molecule has 1 aliphatic rings. The first-order valence-electron chi connectivity index (χ1n) is 11.1. The smallest absolute Gasteiger partial charge is 0.281 e. The van der Waals surface area contributed by atoms with Gasteiger partial charge < -0.3 is 4.90 Å². The number of benzene rings is 1. The molecule has 2 aromatic heterocycles. The van der Waals surface area contributed by atoms with Crippen molar-refractivity contribution in [1.29, 1.82) is 0 Å². The fourth-order valence-electron chi connectivity index (χ4n) is 4.26. The van der Waals surface area contributed by atoms with E-state index in [9.17, 15) is 13.2 Å². The monoisotopic (exact) mass is 471 g/mol. The van der Waals surface area contributed by atoms with E-state index in [0.29, 0.717) is 11.7 Å². The van der Waals surface area contributed by atoms with Crippen molar-refractivity contribution in [2.24, 2.45) is 0 Å². The van der Waals surface area contributed by atoms with Gasteiger partial charge in [0.2, 0.25) is 0 Å². The van der Waals surface area contributed by atoms with Crippen LogP contribution in [0.5, 0.6) is 0 Å². The number of hydrogen-bond donors (Lipinski definition) is 2.